The molecular weight excluding hydrogens is 278 g/mol. The summed E-state index contributed by atoms with van der Waals surface area (Å²) < 4.78 is 5.33. The molecule has 1 aliphatic carbocycles. The van der Waals surface area contributed by atoms with E-state index in [1.54, 1.807) is 0 Å². The molecule has 0 aromatic heterocycles. The average molecular weight is 311 g/mol. The standard InChI is InChI=1S/C17H33N3O2/c1-17(2,3)22-16(21)19-11-13-7-4-5-9-15(13)20-14-8-6-10-18-12-14/h13-15,18,20H,4-12H2,1-3H3,(H,19,21). The minimum absolute atomic E-state index is 0.295. The van der Waals surface area contributed by atoms with E-state index in [1.807, 2.05) is 20.8 Å². The van der Waals surface area contributed by atoms with Crippen LogP contribution in [0.1, 0.15) is 59.3 Å². The van der Waals surface area contributed by atoms with Crippen molar-refractivity contribution >= 4 is 6.09 Å². The average Bonchev–Trinajstić information content (AvgIpc) is 2.46. The predicted octanol–water partition coefficient (Wildman–Crippen LogP) is 2.41. The van der Waals surface area contributed by atoms with Crippen LogP contribution in [-0.4, -0.2) is 43.4 Å². The Kier molecular flexibility index (Phi) is 6.50. The van der Waals surface area contributed by atoms with Gasteiger partial charge in [0.2, 0.25) is 0 Å². The molecule has 1 aliphatic heterocycles. The van der Waals surface area contributed by atoms with Gasteiger partial charge in [0.25, 0.3) is 0 Å². The van der Waals surface area contributed by atoms with Crippen LogP contribution in [0, 0.1) is 5.92 Å². The Balaban J connectivity index is 1.77. The number of nitrogens with one attached hydrogen (secondary N) is 3. The van der Waals surface area contributed by atoms with E-state index >= 15 is 0 Å². The molecule has 5 heteroatoms. The minimum atomic E-state index is -0.429. The van der Waals surface area contributed by atoms with E-state index in [1.165, 1.54) is 38.5 Å². The van der Waals surface area contributed by atoms with Crippen LogP contribution in [0.2, 0.25) is 0 Å². The zero-order chi connectivity index (χ0) is 16.0. The Morgan fingerprint density at radius 2 is 1.95 bits per heavy atom. The van der Waals surface area contributed by atoms with Crippen LogP contribution >= 0.6 is 0 Å². The van der Waals surface area contributed by atoms with Gasteiger partial charge < -0.3 is 20.7 Å². The second-order valence-corrected chi connectivity index (χ2v) is 7.74. The monoisotopic (exact) mass is 311 g/mol. The Hall–Kier alpha value is -0.810. The molecule has 0 spiro atoms. The van der Waals surface area contributed by atoms with Crippen molar-refractivity contribution < 1.29 is 9.53 Å². The molecule has 3 unspecified atom stereocenters. The number of carbonyl (C=O) groups is 1. The summed E-state index contributed by atoms with van der Waals surface area (Å²) in [4.78, 5) is 11.8. The molecule has 2 aliphatic rings. The van der Waals surface area contributed by atoms with Gasteiger partial charge in [0.15, 0.2) is 0 Å². The lowest BCUT2D eigenvalue weighted by Gasteiger charge is -2.36. The highest BCUT2D eigenvalue weighted by Crippen LogP contribution is 2.25. The van der Waals surface area contributed by atoms with E-state index in [0.29, 0.717) is 24.5 Å². The highest BCUT2D eigenvalue weighted by Gasteiger charge is 2.28. The summed E-state index contributed by atoms with van der Waals surface area (Å²) in [5, 5.41) is 10.2. The SMILES string of the molecule is CC(C)(C)OC(=O)NCC1CCCCC1NC1CCCNC1. The second-order valence-electron chi connectivity index (χ2n) is 7.74. The third-order valence-corrected chi connectivity index (χ3v) is 4.56. The summed E-state index contributed by atoms with van der Waals surface area (Å²) >= 11 is 0. The van der Waals surface area contributed by atoms with Gasteiger partial charge in [0.1, 0.15) is 5.60 Å². The number of hydrogen-bond donors (Lipinski definition) is 3. The molecule has 3 N–H and O–H groups in total. The van der Waals surface area contributed by atoms with Gasteiger partial charge in [-0.15, -0.1) is 0 Å². The van der Waals surface area contributed by atoms with Crippen molar-refractivity contribution in [2.45, 2.75) is 77.0 Å². The van der Waals surface area contributed by atoms with Gasteiger partial charge in [0.05, 0.1) is 0 Å². The first-order valence-electron chi connectivity index (χ1n) is 8.87. The first-order valence-corrected chi connectivity index (χ1v) is 8.87. The molecule has 128 valence electrons. The number of carbonyl (C=O) groups excluding carboxylic acids is 1. The third-order valence-electron chi connectivity index (χ3n) is 4.56. The van der Waals surface area contributed by atoms with Gasteiger partial charge in [-0.05, 0) is 58.9 Å². The maximum atomic E-state index is 11.8. The summed E-state index contributed by atoms with van der Waals surface area (Å²) in [6.45, 7) is 8.62. The van der Waals surface area contributed by atoms with E-state index in [0.717, 1.165) is 13.1 Å². The molecule has 22 heavy (non-hydrogen) atoms. The van der Waals surface area contributed by atoms with E-state index in [-0.39, 0.29) is 6.09 Å². The molecule has 1 saturated carbocycles. The molecular formula is C17H33N3O2. The van der Waals surface area contributed by atoms with Crippen LogP contribution in [-0.2, 0) is 4.74 Å². The summed E-state index contributed by atoms with van der Waals surface area (Å²) in [5.41, 5.74) is -0.429. The molecule has 0 bridgehead atoms. The van der Waals surface area contributed by atoms with E-state index in [4.69, 9.17) is 4.74 Å². The molecule has 1 saturated heterocycles. The Labute approximate surface area is 134 Å². The van der Waals surface area contributed by atoms with Crippen LogP contribution in [0.3, 0.4) is 0 Å². The summed E-state index contributed by atoms with van der Waals surface area (Å²) in [6, 6.07) is 1.11. The van der Waals surface area contributed by atoms with Crippen LogP contribution in [0.15, 0.2) is 0 Å². The Bertz CT molecular complexity index is 348. The molecule has 2 rings (SSSR count). The molecule has 5 nitrogen and oxygen atoms in total. The highest BCUT2D eigenvalue weighted by atomic mass is 16.6. The molecule has 1 amide bonds. The van der Waals surface area contributed by atoms with E-state index in [2.05, 4.69) is 16.0 Å². The van der Waals surface area contributed by atoms with Crippen LogP contribution < -0.4 is 16.0 Å². The number of hydrogen-bond acceptors (Lipinski definition) is 4. The largest absolute Gasteiger partial charge is 0.444 e. The fraction of sp³-hybridized carbons (Fsp3) is 0.941. The first-order chi connectivity index (χ1) is 10.4. The molecule has 3 atom stereocenters. The van der Waals surface area contributed by atoms with Crippen molar-refractivity contribution in [3.63, 3.8) is 0 Å². The van der Waals surface area contributed by atoms with Crippen LogP contribution in [0.4, 0.5) is 4.79 Å². The highest BCUT2D eigenvalue weighted by molar-refractivity contribution is 5.67. The van der Waals surface area contributed by atoms with Crippen LogP contribution in [0.5, 0.6) is 0 Å². The van der Waals surface area contributed by atoms with Gasteiger partial charge in [0, 0.05) is 25.2 Å². The van der Waals surface area contributed by atoms with Crippen molar-refractivity contribution in [3.05, 3.63) is 0 Å². The number of piperidine rings is 1. The summed E-state index contributed by atoms with van der Waals surface area (Å²) in [5.74, 6) is 0.517. The van der Waals surface area contributed by atoms with Gasteiger partial charge in [-0.2, -0.15) is 0 Å². The molecule has 0 aromatic rings. The van der Waals surface area contributed by atoms with E-state index < -0.39 is 5.60 Å². The lowest BCUT2D eigenvalue weighted by molar-refractivity contribution is 0.0509. The van der Waals surface area contributed by atoms with Crippen molar-refractivity contribution in [1.29, 1.82) is 0 Å². The number of ether oxygens (including phenoxy) is 1. The fourth-order valence-corrected chi connectivity index (χ4v) is 3.50. The Morgan fingerprint density at radius 1 is 1.18 bits per heavy atom. The molecule has 1 heterocycles. The van der Waals surface area contributed by atoms with Crippen LogP contribution in [0.25, 0.3) is 0 Å². The van der Waals surface area contributed by atoms with Gasteiger partial charge in [-0.25, -0.2) is 4.79 Å². The molecule has 0 aromatic carbocycles. The lowest BCUT2D eigenvalue weighted by atomic mass is 9.83. The minimum Gasteiger partial charge on any atom is -0.444 e. The van der Waals surface area contributed by atoms with Crippen molar-refractivity contribution in [3.8, 4) is 0 Å². The molecule has 2 fully saturated rings. The lowest BCUT2D eigenvalue weighted by Crippen LogP contribution is -2.52. The Morgan fingerprint density at radius 3 is 2.64 bits per heavy atom. The zero-order valence-corrected chi connectivity index (χ0v) is 14.4. The maximum Gasteiger partial charge on any atom is 0.407 e. The number of rotatable bonds is 4. The maximum absolute atomic E-state index is 11.8. The third kappa shape index (κ3) is 6.13. The van der Waals surface area contributed by atoms with Gasteiger partial charge >= 0.3 is 6.09 Å². The topological polar surface area (TPSA) is 62.4 Å². The normalized spacial score (nSPS) is 29.9. The first kappa shape index (κ1) is 17.5. The number of amides is 1. The van der Waals surface area contributed by atoms with E-state index in [9.17, 15) is 4.79 Å². The van der Waals surface area contributed by atoms with Gasteiger partial charge in [-0.3, -0.25) is 0 Å². The summed E-state index contributed by atoms with van der Waals surface area (Å²) in [7, 11) is 0. The zero-order valence-electron chi connectivity index (χ0n) is 14.4. The molecule has 0 radical (unpaired) electrons. The van der Waals surface area contributed by atoms with Crippen molar-refractivity contribution in [1.82, 2.24) is 16.0 Å². The second kappa shape index (κ2) is 8.16. The van der Waals surface area contributed by atoms with Gasteiger partial charge in [-0.1, -0.05) is 12.8 Å². The summed E-state index contributed by atoms with van der Waals surface area (Å²) in [6.07, 6.45) is 7.19. The fourth-order valence-electron chi connectivity index (χ4n) is 3.50. The van der Waals surface area contributed by atoms with Crippen molar-refractivity contribution in [2.24, 2.45) is 5.92 Å². The smallest absolute Gasteiger partial charge is 0.407 e. The number of alkyl carbamates (subject to hydrolysis) is 1. The predicted molar refractivity (Wildman–Crippen MR) is 89.0 cm³/mol. The quantitative estimate of drug-likeness (QED) is 0.746. The van der Waals surface area contributed by atoms with Crippen molar-refractivity contribution in [2.75, 3.05) is 19.6 Å².